The van der Waals surface area contributed by atoms with Crippen molar-refractivity contribution in [1.82, 2.24) is 10.2 Å². The number of hydrogen-bond donors (Lipinski definition) is 1. The van der Waals surface area contributed by atoms with Crippen LogP contribution in [0.4, 0.5) is 13.2 Å². The van der Waals surface area contributed by atoms with Crippen molar-refractivity contribution >= 4 is 17.2 Å². The fourth-order valence-corrected chi connectivity index (χ4v) is 4.20. The lowest BCUT2D eigenvalue weighted by Crippen LogP contribution is -2.39. The molecule has 2 heterocycles. The molecule has 1 saturated heterocycles. The summed E-state index contributed by atoms with van der Waals surface area (Å²) in [5.41, 5.74) is 1.26. The summed E-state index contributed by atoms with van der Waals surface area (Å²) in [4.78, 5) is 15.5. The number of hydrogen-bond acceptors (Lipinski definition) is 3. The van der Waals surface area contributed by atoms with E-state index in [2.05, 4.69) is 5.32 Å². The van der Waals surface area contributed by atoms with E-state index in [-0.39, 0.29) is 18.5 Å². The third-order valence-corrected chi connectivity index (χ3v) is 5.22. The van der Waals surface area contributed by atoms with Crippen molar-refractivity contribution in [2.75, 3.05) is 19.6 Å². The third-order valence-electron chi connectivity index (χ3n) is 3.98. The SMILES string of the molecule is O=C(NC1CCN(CC(F)(F)F)C1)c1cc2c(s1)CCC2. The monoisotopic (exact) mass is 318 g/mol. The Kier molecular flexibility index (Phi) is 3.96. The Hall–Kier alpha value is -1.08. The number of aryl methyl sites for hydroxylation is 2. The van der Waals surface area contributed by atoms with Crippen LogP contribution in [0.15, 0.2) is 6.07 Å². The van der Waals surface area contributed by atoms with Crippen LogP contribution in [0.3, 0.4) is 0 Å². The summed E-state index contributed by atoms with van der Waals surface area (Å²) in [5.74, 6) is -0.145. The average molecular weight is 318 g/mol. The van der Waals surface area contributed by atoms with E-state index >= 15 is 0 Å². The lowest BCUT2D eigenvalue weighted by atomic mass is 10.2. The van der Waals surface area contributed by atoms with Gasteiger partial charge < -0.3 is 5.32 Å². The Morgan fingerprint density at radius 3 is 2.95 bits per heavy atom. The van der Waals surface area contributed by atoms with Gasteiger partial charge in [-0.3, -0.25) is 9.69 Å². The highest BCUT2D eigenvalue weighted by Crippen LogP contribution is 2.30. The third kappa shape index (κ3) is 3.58. The molecule has 1 fully saturated rings. The first-order chi connectivity index (χ1) is 9.90. The molecule has 0 radical (unpaired) electrons. The minimum atomic E-state index is -4.17. The molecule has 7 heteroatoms. The van der Waals surface area contributed by atoms with Crippen molar-refractivity contribution in [1.29, 1.82) is 0 Å². The van der Waals surface area contributed by atoms with E-state index in [1.165, 1.54) is 26.7 Å². The van der Waals surface area contributed by atoms with Gasteiger partial charge in [-0.05, 0) is 37.3 Å². The summed E-state index contributed by atoms with van der Waals surface area (Å²) in [7, 11) is 0. The van der Waals surface area contributed by atoms with E-state index in [0.29, 0.717) is 17.8 Å². The molecular weight excluding hydrogens is 301 g/mol. The second kappa shape index (κ2) is 5.61. The first-order valence-corrected chi connectivity index (χ1v) is 7.94. The van der Waals surface area contributed by atoms with Crippen LogP contribution in [0.25, 0.3) is 0 Å². The molecule has 0 saturated carbocycles. The molecule has 1 unspecified atom stereocenters. The molecule has 1 N–H and O–H groups in total. The van der Waals surface area contributed by atoms with Crippen LogP contribution in [0, 0.1) is 0 Å². The number of thiophene rings is 1. The standard InChI is InChI=1S/C14H17F3N2OS/c15-14(16,17)8-19-5-4-10(7-19)18-13(20)12-6-9-2-1-3-11(9)21-12/h6,10H,1-5,7-8H2,(H,18,20). The molecule has 116 valence electrons. The fourth-order valence-electron chi connectivity index (χ4n) is 3.05. The Bertz CT molecular complexity index is 519. The van der Waals surface area contributed by atoms with Crippen molar-refractivity contribution in [3.05, 3.63) is 21.4 Å². The number of nitrogens with zero attached hydrogens (tertiary/aromatic N) is 1. The molecule has 1 aliphatic heterocycles. The molecule has 1 atom stereocenters. The van der Waals surface area contributed by atoms with Gasteiger partial charge in [-0.25, -0.2) is 0 Å². The molecule has 3 nitrogen and oxygen atoms in total. The van der Waals surface area contributed by atoms with Crippen molar-refractivity contribution in [2.45, 2.75) is 37.9 Å². The lowest BCUT2D eigenvalue weighted by molar-refractivity contribution is -0.143. The van der Waals surface area contributed by atoms with E-state index in [9.17, 15) is 18.0 Å². The highest BCUT2D eigenvalue weighted by molar-refractivity contribution is 7.14. The van der Waals surface area contributed by atoms with Gasteiger partial charge in [0.05, 0.1) is 11.4 Å². The van der Waals surface area contributed by atoms with Crippen LogP contribution >= 0.6 is 11.3 Å². The summed E-state index contributed by atoms with van der Waals surface area (Å²) in [6, 6.07) is 1.75. The van der Waals surface area contributed by atoms with E-state index < -0.39 is 12.7 Å². The molecular formula is C14H17F3N2OS. The highest BCUT2D eigenvalue weighted by atomic mass is 32.1. The number of alkyl halides is 3. The van der Waals surface area contributed by atoms with E-state index in [1.54, 1.807) is 0 Å². The maximum Gasteiger partial charge on any atom is 0.401 e. The lowest BCUT2D eigenvalue weighted by Gasteiger charge is -2.18. The van der Waals surface area contributed by atoms with E-state index in [1.807, 2.05) is 6.07 Å². The number of rotatable bonds is 3. The van der Waals surface area contributed by atoms with E-state index in [4.69, 9.17) is 0 Å². The predicted octanol–water partition coefficient (Wildman–Crippen LogP) is 2.60. The van der Waals surface area contributed by atoms with Gasteiger partial charge in [-0.2, -0.15) is 13.2 Å². The minimum absolute atomic E-state index is 0.145. The Balaban J connectivity index is 1.54. The number of amides is 1. The zero-order valence-electron chi connectivity index (χ0n) is 11.5. The molecule has 0 spiro atoms. The summed E-state index contributed by atoms with van der Waals surface area (Å²) >= 11 is 1.52. The van der Waals surface area contributed by atoms with Crippen LogP contribution in [0.2, 0.25) is 0 Å². The summed E-state index contributed by atoms with van der Waals surface area (Å²) in [6.07, 6.45) is -0.379. The van der Waals surface area contributed by atoms with Crippen LogP contribution < -0.4 is 5.32 Å². The molecule has 3 rings (SSSR count). The number of likely N-dealkylation sites (tertiary alicyclic amines) is 1. The molecule has 1 aromatic heterocycles. The predicted molar refractivity (Wildman–Crippen MR) is 74.7 cm³/mol. The minimum Gasteiger partial charge on any atom is -0.347 e. The van der Waals surface area contributed by atoms with Crippen molar-refractivity contribution in [2.24, 2.45) is 0 Å². The summed E-state index contributed by atoms with van der Waals surface area (Å²) in [6.45, 7) is -0.242. The number of carbonyl (C=O) groups excluding carboxylic acids is 1. The first kappa shape index (κ1) is 14.8. The molecule has 0 bridgehead atoms. The maximum absolute atomic E-state index is 12.3. The summed E-state index contributed by atoms with van der Waals surface area (Å²) in [5, 5.41) is 2.86. The number of carbonyl (C=O) groups is 1. The largest absolute Gasteiger partial charge is 0.401 e. The Morgan fingerprint density at radius 2 is 2.24 bits per heavy atom. The van der Waals surface area contributed by atoms with Gasteiger partial charge in [0, 0.05) is 24.0 Å². The van der Waals surface area contributed by atoms with Crippen LogP contribution in [-0.4, -0.2) is 42.7 Å². The Morgan fingerprint density at radius 1 is 1.43 bits per heavy atom. The van der Waals surface area contributed by atoms with Crippen molar-refractivity contribution in [3.8, 4) is 0 Å². The van der Waals surface area contributed by atoms with Gasteiger partial charge in [-0.15, -0.1) is 11.3 Å². The van der Waals surface area contributed by atoms with Crippen molar-refractivity contribution in [3.63, 3.8) is 0 Å². The molecule has 0 aromatic carbocycles. The molecule has 21 heavy (non-hydrogen) atoms. The Labute approximate surface area is 125 Å². The van der Waals surface area contributed by atoms with Crippen molar-refractivity contribution < 1.29 is 18.0 Å². The quantitative estimate of drug-likeness (QED) is 0.929. The molecule has 1 aromatic rings. The number of halogens is 3. The van der Waals surface area contributed by atoms with Crippen LogP contribution in [0.5, 0.6) is 0 Å². The first-order valence-electron chi connectivity index (χ1n) is 7.12. The molecule has 1 aliphatic carbocycles. The molecule has 2 aliphatic rings. The average Bonchev–Trinajstić information content (AvgIpc) is 3.01. The smallest absolute Gasteiger partial charge is 0.347 e. The fraction of sp³-hybridized carbons (Fsp3) is 0.643. The zero-order valence-corrected chi connectivity index (χ0v) is 12.3. The van der Waals surface area contributed by atoms with Gasteiger partial charge >= 0.3 is 6.18 Å². The van der Waals surface area contributed by atoms with Gasteiger partial charge in [-0.1, -0.05) is 0 Å². The normalized spacial score (nSPS) is 22.5. The van der Waals surface area contributed by atoms with Gasteiger partial charge in [0.1, 0.15) is 0 Å². The van der Waals surface area contributed by atoms with Crippen LogP contribution in [0.1, 0.15) is 33.0 Å². The van der Waals surface area contributed by atoms with Gasteiger partial charge in [0.15, 0.2) is 0 Å². The summed E-state index contributed by atoms with van der Waals surface area (Å²) < 4.78 is 37.0. The van der Waals surface area contributed by atoms with E-state index in [0.717, 1.165) is 19.3 Å². The highest BCUT2D eigenvalue weighted by Gasteiger charge is 2.34. The zero-order chi connectivity index (χ0) is 15.0. The van der Waals surface area contributed by atoms with Crippen LogP contribution in [-0.2, 0) is 12.8 Å². The maximum atomic E-state index is 12.3. The second-order valence-electron chi connectivity index (χ2n) is 5.72. The second-order valence-corrected chi connectivity index (χ2v) is 6.86. The number of fused-ring (bicyclic) bond motifs is 1. The van der Waals surface area contributed by atoms with Gasteiger partial charge in [0.2, 0.25) is 0 Å². The van der Waals surface area contributed by atoms with Gasteiger partial charge in [0.25, 0.3) is 5.91 Å². The topological polar surface area (TPSA) is 32.3 Å². The molecule has 1 amide bonds. The number of nitrogens with one attached hydrogen (secondary N) is 1.